The van der Waals surface area contributed by atoms with Crippen molar-refractivity contribution in [2.24, 2.45) is 5.41 Å². The van der Waals surface area contributed by atoms with E-state index in [1.165, 1.54) is 57.6 Å². The summed E-state index contributed by atoms with van der Waals surface area (Å²) in [6.07, 6.45) is 13.8. The van der Waals surface area contributed by atoms with E-state index in [-0.39, 0.29) is 0 Å². The van der Waals surface area contributed by atoms with Crippen LogP contribution in [0.3, 0.4) is 0 Å². The molecule has 0 bridgehead atoms. The summed E-state index contributed by atoms with van der Waals surface area (Å²) in [4.78, 5) is 0. The zero-order chi connectivity index (χ0) is 15.5. The molecule has 0 saturated heterocycles. The summed E-state index contributed by atoms with van der Waals surface area (Å²) in [6.45, 7) is 7.62. The van der Waals surface area contributed by atoms with Crippen molar-refractivity contribution in [2.45, 2.75) is 85.0 Å². The topological polar surface area (TPSA) is 46.2 Å². The first kappa shape index (κ1) is 19.9. The van der Waals surface area contributed by atoms with Crippen LogP contribution in [0.2, 0.25) is 0 Å². The van der Waals surface area contributed by atoms with Crippen molar-refractivity contribution in [2.75, 3.05) is 12.8 Å². The minimum atomic E-state index is -3.00. The second-order valence-corrected chi connectivity index (χ2v) is 8.64. The van der Waals surface area contributed by atoms with E-state index < -0.39 is 10.0 Å². The van der Waals surface area contributed by atoms with Crippen molar-refractivity contribution in [3.63, 3.8) is 0 Å². The highest BCUT2D eigenvalue weighted by Gasteiger charge is 2.15. The fourth-order valence-corrected chi connectivity index (χ4v) is 2.99. The number of unbranched alkanes of at least 4 members (excludes halogenated alkanes) is 6. The highest BCUT2D eigenvalue weighted by atomic mass is 32.2. The summed E-state index contributed by atoms with van der Waals surface area (Å²) in [6, 6.07) is 0. The van der Waals surface area contributed by atoms with Gasteiger partial charge in [0.05, 0.1) is 6.26 Å². The van der Waals surface area contributed by atoms with E-state index in [0.29, 0.717) is 12.0 Å². The lowest BCUT2D eigenvalue weighted by molar-refractivity contribution is 0.285. The number of sulfonamides is 1. The van der Waals surface area contributed by atoms with E-state index in [9.17, 15) is 8.42 Å². The number of rotatable bonds is 13. The quantitative estimate of drug-likeness (QED) is 0.510. The Labute approximate surface area is 127 Å². The Bertz CT molecular complexity index is 323. The van der Waals surface area contributed by atoms with Crippen LogP contribution in [0.25, 0.3) is 0 Å². The van der Waals surface area contributed by atoms with Crippen LogP contribution in [-0.2, 0) is 10.0 Å². The first-order valence-corrected chi connectivity index (χ1v) is 10.1. The van der Waals surface area contributed by atoms with Gasteiger partial charge in [-0.15, -0.1) is 0 Å². The van der Waals surface area contributed by atoms with E-state index in [0.717, 1.165) is 12.8 Å². The first-order valence-electron chi connectivity index (χ1n) is 8.21. The average molecular weight is 306 g/mol. The van der Waals surface area contributed by atoms with Gasteiger partial charge in [-0.05, 0) is 24.7 Å². The van der Waals surface area contributed by atoms with Crippen molar-refractivity contribution in [3.05, 3.63) is 0 Å². The van der Waals surface area contributed by atoms with Crippen LogP contribution >= 0.6 is 0 Å². The molecule has 4 heteroatoms. The van der Waals surface area contributed by atoms with Crippen molar-refractivity contribution in [3.8, 4) is 0 Å². The second-order valence-electron chi connectivity index (χ2n) is 6.81. The normalized spacial score (nSPS) is 12.8. The van der Waals surface area contributed by atoms with E-state index in [2.05, 4.69) is 25.5 Å². The summed E-state index contributed by atoms with van der Waals surface area (Å²) in [7, 11) is -3.00. The lowest BCUT2D eigenvalue weighted by Crippen LogP contribution is -2.22. The van der Waals surface area contributed by atoms with Gasteiger partial charge in [-0.25, -0.2) is 13.1 Å². The summed E-state index contributed by atoms with van der Waals surface area (Å²) in [5.41, 5.74) is 0.509. The fraction of sp³-hybridized carbons (Fsp3) is 1.00. The molecule has 0 fully saturated rings. The minimum Gasteiger partial charge on any atom is -0.215 e. The maximum atomic E-state index is 10.9. The molecule has 0 aliphatic heterocycles. The lowest BCUT2D eigenvalue weighted by atomic mass is 9.82. The SMILES string of the molecule is CCCCC(C)(C)CCCCCCCCNS(C)(=O)=O. The van der Waals surface area contributed by atoms with Gasteiger partial charge in [0.1, 0.15) is 0 Å². The molecule has 0 aliphatic rings. The van der Waals surface area contributed by atoms with E-state index in [1.54, 1.807) is 0 Å². The molecule has 0 saturated carbocycles. The fourth-order valence-electron chi connectivity index (χ4n) is 2.47. The van der Waals surface area contributed by atoms with Crippen LogP contribution in [0.15, 0.2) is 0 Å². The molecule has 0 atom stereocenters. The van der Waals surface area contributed by atoms with Crippen LogP contribution in [0, 0.1) is 5.41 Å². The molecular formula is C16H35NO2S. The van der Waals surface area contributed by atoms with Gasteiger partial charge in [-0.2, -0.15) is 0 Å². The smallest absolute Gasteiger partial charge is 0.208 e. The Balaban J connectivity index is 3.36. The lowest BCUT2D eigenvalue weighted by Gasteiger charge is -2.24. The molecular weight excluding hydrogens is 270 g/mol. The molecule has 1 N–H and O–H groups in total. The molecule has 0 aliphatic carbocycles. The standard InChI is InChI=1S/C16H35NO2S/c1-5-6-13-16(2,3)14-11-9-7-8-10-12-15-17-20(4,18)19/h17H,5-15H2,1-4H3. The Kier molecular flexibility index (Phi) is 10.6. The molecule has 0 aromatic rings. The van der Waals surface area contributed by atoms with Gasteiger partial charge in [0.15, 0.2) is 0 Å². The monoisotopic (exact) mass is 305 g/mol. The molecule has 0 amide bonds. The second kappa shape index (κ2) is 10.6. The number of hydrogen-bond donors (Lipinski definition) is 1. The Morgan fingerprint density at radius 1 is 0.850 bits per heavy atom. The maximum absolute atomic E-state index is 10.9. The van der Waals surface area contributed by atoms with Crippen molar-refractivity contribution >= 4 is 10.0 Å². The van der Waals surface area contributed by atoms with Gasteiger partial charge in [0.25, 0.3) is 0 Å². The third kappa shape index (κ3) is 14.3. The van der Waals surface area contributed by atoms with E-state index in [1.807, 2.05) is 0 Å². The van der Waals surface area contributed by atoms with E-state index in [4.69, 9.17) is 0 Å². The molecule has 0 spiro atoms. The van der Waals surface area contributed by atoms with Crippen LogP contribution in [0.5, 0.6) is 0 Å². The largest absolute Gasteiger partial charge is 0.215 e. The van der Waals surface area contributed by atoms with Crippen LogP contribution in [-0.4, -0.2) is 21.2 Å². The van der Waals surface area contributed by atoms with Crippen molar-refractivity contribution in [1.82, 2.24) is 4.72 Å². The first-order chi connectivity index (χ1) is 9.27. The molecule has 20 heavy (non-hydrogen) atoms. The summed E-state index contributed by atoms with van der Waals surface area (Å²) in [5, 5.41) is 0. The van der Waals surface area contributed by atoms with Gasteiger partial charge >= 0.3 is 0 Å². The van der Waals surface area contributed by atoms with Crippen molar-refractivity contribution < 1.29 is 8.42 Å². The predicted molar refractivity (Wildman–Crippen MR) is 88.5 cm³/mol. The third-order valence-electron chi connectivity index (χ3n) is 3.85. The Morgan fingerprint density at radius 3 is 1.90 bits per heavy atom. The summed E-state index contributed by atoms with van der Waals surface area (Å²) < 4.78 is 24.3. The van der Waals surface area contributed by atoms with Gasteiger partial charge in [0, 0.05) is 6.54 Å². The third-order valence-corrected chi connectivity index (χ3v) is 4.58. The van der Waals surface area contributed by atoms with Gasteiger partial charge in [-0.3, -0.25) is 0 Å². The zero-order valence-electron chi connectivity index (χ0n) is 14.0. The summed E-state index contributed by atoms with van der Waals surface area (Å²) in [5.74, 6) is 0. The molecule has 0 unspecified atom stereocenters. The number of nitrogens with one attached hydrogen (secondary N) is 1. The minimum absolute atomic E-state index is 0.509. The van der Waals surface area contributed by atoms with Crippen LogP contribution in [0.4, 0.5) is 0 Å². The maximum Gasteiger partial charge on any atom is 0.208 e. The van der Waals surface area contributed by atoms with Gasteiger partial charge < -0.3 is 0 Å². The van der Waals surface area contributed by atoms with Gasteiger partial charge in [-0.1, -0.05) is 65.7 Å². The van der Waals surface area contributed by atoms with Gasteiger partial charge in [0.2, 0.25) is 10.0 Å². The molecule has 0 radical (unpaired) electrons. The molecule has 122 valence electrons. The summed E-state index contributed by atoms with van der Waals surface area (Å²) >= 11 is 0. The molecule has 0 rings (SSSR count). The van der Waals surface area contributed by atoms with Crippen LogP contribution in [0.1, 0.15) is 85.0 Å². The molecule has 3 nitrogen and oxygen atoms in total. The highest BCUT2D eigenvalue weighted by Crippen LogP contribution is 2.29. The average Bonchev–Trinajstić information content (AvgIpc) is 2.33. The van der Waals surface area contributed by atoms with E-state index >= 15 is 0 Å². The highest BCUT2D eigenvalue weighted by molar-refractivity contribution is 7.88. The Hall–Kier alpha value is -0.0900. The Morgan fingerprint density at radius 2 is 1.35 bits per heavy atom. The molecule has 0 aromatic carbocycles. The molecule has 0 aromatic heterocycles. The van der Waals surface area contributed by atoms with Crippen LogP contribution < -0.4 is 4.72 Å². The number of hydrogen-bond acceptors (Lipinski definition) is 2. The molecule has 0 heterocycles. The van der Waals surface area contributed by atoms with Crippen molar-refractivity contribution in [1.29, 1.82) is 0 Å². The predicted octanol–water partition coefficient (Wildman–Crippen LogP) is 4.48. The zero-order valence-corrected chi connectivity index (χ0v) is 14.8.